The first-order chi connectivity index (χ1) is 17.1. The number of ether oxygens (including phenoxy) is 2. The highest BCUT2D eigenvalue weighted by atomic mass is 16.6. The van der Waals surface area contributed by atoms with Crippen LogP contribution in [0.2, 0.25) is 0 Å². The predicted octanol–water partition coefficient (Wildman–Crippen LogP) is 6.68. The normalized spacial score (nSPS) is 16.6. The number of piperidine rings is 1. The first-order valence-electron chi connectivity index (χ1n) is 13.3. The van der Waals surface area contributed by atoms with E-state index in [1.807, 2.05) is 26.0 Å². The highest BCUT2D eigenvalue weighted by Crippen LogP contribution is 2.42. The van der Waals surface area contributed by atoms with E-state index in [4.69, 9.17) is 9.47 Å². The van der Waals surface area contributed by atoms with Crippen molar-refractivity contribution in [2.24, 2.45) is 11.3 Å². The molecule has 0 aliphatic carbocycles. The molecular weight excluding hydrogens is 452 g/mol. The van der Waals surface area contributed by atoms with E-state index >= 15 is 0 Å². The summed E-state index contributed by atoms with van der Waals surface area (Å²) in [6, 6.07) is 14.4. The average Bonchev–Trinajstić information content (AvgIpc) is 3.20. The molecular formula is C30H40N2O4. The standard InChI is InChI=1S/C30H40N2O4/c1-6-21(7-2)27(33)31-25-11-8-22(9-12-25)23-10-13-26-24(18-23)19-30(36-26)14-16-32(17-15-30)28(34)35-20-29(3,4)5/h8-13,18,21H,6-7,14-17,19-20H2,1-5H3,(H,31,33). The molecule has 1 fully saturated rings. The largest absolute Gasteiger partial charge is 0.487 e. The average molecular weight is 493 g/mol. The molecule has 0 radical (unpaired) electrons. The lowest BCUT2D eigenvalue weighted by Crippen LogP contribution is -2.49. The van der Waals surface area contributed by atoms with Gasteiger partial charge >= 0.3 is 6.09 Å². The molecule has 1 saturated heterocycles. The molecule has 0 atom stereocenters. The van der Waals surface area contributed by atoms with Crippen LogP contribution in [0.15, 0.2) is 42.5 Å². The van der Waals surface area contributed by atoms with Crippen molar-refractivity contribution in [3.8, 4) is 16.9 Å². The number of benzene rings is 2. The molecule has 2 aliphatic rings. The van der Waals surface area contributed by atoms with Crippen molar-refractivity contribution in [2.75, 3.05) is 25.0 Å². The number of likely N-dealkylation sites (tertiary alicyclic amines) is 1. The number of carbonyl (C=O) groups is 2. The minimum Gasteiger partial charge on any atom is -0.487 e. The van der Waals surface area contributed by atoms with Gasteiger partial charge in [-0.1, -0.05) is 52.8 Å². The van der Waals surface area contributed by atoms with Gasteiger partial charge in [-0.3, -0.25) is 4.79 Å². The van der Waals surface area contributed by atoms with Gasteiger partial charge in [0, 0.05) is 44.0 Å². The molecule has 1 spiro atoms. The second-order valence-corrected chi connectivity index (χ2v) is 11.5. The van der Waals surface area contributed by atoms with Crippen molar-refractivity contribution < 1.29 is 19.1 Å². The van der Waals surface area contributed by atoms with Crippen LogP contribution >= 0.6 is 0 Å². The van der Waals surface area contributed by atoms with Crippen LogP contribution in [0, 0.1) is 11.3 Å². The third kappa shape index (κ3) is 6.03. The zero-order chi connectivity index (χ0) is 25.9. The molecule has 6 heteroatoms. The van der Waals surface area contributed by atoms with Gasteiger partial charge in [-0.05, 0) is 59.2 Å². The Morgan fingerprint density at radius 2 is 1.67 bits per heavy atom. The molecule has 2 aromatic rings. The summed E-state index contributed by atoms with van der Waals surface area (Å²) < 4.78 is 11.9. The molecule has 2 aliphatic heterocycles. The summed E-state index contributed by atoms with van der Waals surface area (Å²) >= 11 is 0. The minimum atomic E-state index is -0.245. The van der Waals surface area contributed by atoms with Gasteiger partial charge in [0.25, 0.3) is 0 Å². The maximum absolute atomic E-state index is 12.5. The summed E-state index contributed by atoms with van der Waals surface area (Å²) in [6.45, 7) is 12.0. The fourth-order valence-corrected chi connectivity index (χ4v) is 5.01. The van der Waals surface area contributed by atoms with Crippen LogP contribution in [0.4, 0.5) is 10.5 Å². The van der Waals surface area contributed by atoms with Gasteiger partial charge in [0.2, 0.25) is 5.91 Å². The van der Waals surface area contributed by atoms with E-state index in [2.05, 4.69) is 56.4 Å². The second kappa shape index (κ2) is 10.5. The smallest absolute Gasteiger partial charge is 0.409 e. The molecule has 0 unspecified atom stereocenters. The lowest BCUT2D eigenvalue weighted by Gasteiger charge is -2.38. The van der Waals surface area contributed by atoms with Crippen LogP contribution in [0.25, 0.3) is 11.1 Å². The summed E-state index contributed by atoms with van der Waals surface area (Å²) in [5, 5.41) is 3.03. The Balaban J connectivity index is 1.36. The van der Waals surface area contributed by atoms with Gasteiger partial charge in [-0.2, -0.15) is 0 Å². The van der Waals surface area contributed by atoms with Crippen LogP contribution in [0.3, 0.4) is 0 Å². The third-order valence-electron chi connectivity index (χ3n) is 7.30. The van der Waals surface area contributed by atoms with E-state index in [1.54, 1.807) is 4.90 Å². The van der Waals surface area contributed by atoms with E-state index in [-0.39, 0.29) is 28.9 Å². The molecule has 2 amide bonds. The van der Waals surface area contributed by atoms with Crippen molar-refractivity contribution in [3.63, 3.8) is 0 Å². The number of rotatable bonds is 6. The fraction of sp³-hybridized carbons (Fsp3) is 0.533. The Bertz CT molecular complexity index is 1080. The van der Waals surface area contributed by atoms with Crippen molar-refractivity contribution in [3.05, 3.63) is 48.0 Å². The summed E-state index contributed by atoms with van der Waals surface area (Å²) in [6.07, 6.45) is 3.91. The number of nitrogens with zero attached hydrogens (tertiary/aromatic N) is 1. The van der Waals surface area contributed by atoms with Gasteiger partial charge in [-0.25, -0.2) is 4.79 Å². The molecule has 0 aromatic heterocycles. The Labute approximate surface area is 215 Å². The van der Waals surface area contributed by atoms with Crippen molar-refractivity contribution >= 4 is 17.7 Å². The Kier molecular flexibility index (Phi) is 7.62. The maximum atomic E-state index is 12.5. The summed E-state index contributed by atoms with van der Waals surface area (Å²) in [5.41, 5.74) is 3.99. The van der Waals surface area contributed by atoms with Crippen LogP contribution in [0.1, 0.15) is 65.9 Å². The summed E-state index contributed by atoms with van der Waals surface area (Å²) in [4.78, 5) is 26.6. The summed E-state index contributed by atoms with van der Waals surface area (Å²) in [7, 11) is 0. The first kappa shape index (κ1) is 26.1. The van der Waals surface area contributed by atoms with Crippen LogP contribution < -0.4 is 10.1 Å². The van der Waals surface area contributed by atoms with E-state index in [1.165, 1.54) is 5.56 Å². The number of hydrogen-bond donors (Lipinski definition) is 1. The van der Waals surface area contributed by atoms with Gasteiger partial charge < -0.3 is 19.7 Å². The molecule has 2 heterocycles. The monoisotopic (exact) mass is 492 g/mol. The molecule has 2 aromatic carbocycles. The van der Waals surface area contributed by atoms with Crippen LogP contribution in [0.5, 0.6) is 5.75 Å². The van der Waals surface area contributed by atoms with Gasteiger partial charge in [0.15, 0.2) is 0 Å². The third-order valence-corrected chi connectivity index (χ3v) is 7.30. The van der Waals surface area contributed by atoms with Gasteiger partial charge in [0.1, 0.15) is 11.4 Å². The van der Waals surface area contributed by atoms with Crippen LogP contribution in [-0.2, 0) is 16.0 Å². The molecule has 6 nitrogen and oxygen atoms in total. The van der Waals surface area contributed by atoms with Gasteiger partial charge in [0.05, 0.1) is 6.61 Å². The topological polar surface area (TPSA) is 67.9 Å². The van der Waals surface area contributed by atoms with Gasteiger partial charge in [-0.15, -0.1) is 0 Å². The van der Waals surface area contributed by atoms with E-state index in [9.17, 15) is 9.59 Å². The van der Waals surface area contributed by atoms with Crippen LogP contribution in [-0.4, -0.2) is 42.2 Å². The lowest BCUT2D eigenvalue weighted by molar-refractivity contribution is -0.120. The Morgan fingerprint density at radius 3 is 2.28 bits per heavy atom. The molecule has 1 N–H and O–H groups in total. The number of carbonyl (C=O) groups excluding carboxylic acids is 2. The first-order valence-corrected chi connectivity index (χ1v) is 13.3. The highest BCUT2D eigenvalue weighted by Gasteiger charge is 2.43. The zero-order valence-corrected chi connectivity index (χ0v) is 22.4. The van der Waals surface area contributed by atoms with Crippen molar-refractivity contribution in [2.45, 2.75) is 72.3 Å². The number of anilines is 1. The second-order valence-electron chi connectivity index (χ2n) is 11.5. The van der Waals surface area contributed by atoms with E-state index in [0.29, 0.717) is 19.7 Å². The van der Waals surface area contributed by atoms with E-state index in [0.717, 1.165) is 54.7 Å². The number of amides is 2. The molecule has 0 saturated carbocycles. The number of hydrogen-bond acceptors (Lipinski definition) is 4. The Morgan fingerprint density at radius 1 is 1.03 bits per heavy atom. The minimum absolute atomic E-state index is 0.0397. The van der Waals surface area contributed by atoms with E-state index < -0.39 is 0 Å². The number of fused-ring (bicyclic) bond motifs is 1. The highest BCUT2D eigenvalue weighted by molar-refractivity contribution is 5.92. The SMILES string of the molecule is CCC(CC)C(=O)Nc1ccc(-c2ccc3c(c2)CC2(CCN(C(=O)OCC(C)(C)C)CC2)O3)cc1. The zero-order valence-electron chi connectivity index (χ0n) is 22.4. The number of nitrogens with one attached hydrogen (secondary N) is 1. The van der Waals surface area contributed by atoms with Crippen molar-refractivity contribution in [1.29, 1.82) is 0 Å². The molecule has 0 bridgehead atoms. The fourth-order valence-electron chi connectivity index (χ4n) is 5.01. The summed E-state index contributed by atoms with van der Waals surface area (Å²) in [5.74, 6) is 1.08. The molecule has 194 valence electrons. The lowest BCUT2D eigenvalue weighted by atomic mass is 9.86. The Hall–Kier alpha value is -3.02. The van der Waals surface area contributed by atoms with Crippen molar-refractivity contribution in [1.82, 2.24) is 4.90 Å². The predicted molar refractivity (Wildman–Crippen MR) is 143 cm³/mol. The quantitative estimate of drug-likeness (QED) is 0.488. The maximum Gasteiger partial charge on any atom is 0.409 e. The molecule has 4 rings (SSSR count). The molecule has 36 heavy (non-hydrogen) atoms.